The van der Waals surface area contributed by atoms with Crippen molar-refractivity contribution in [1.29, 1.82) is 0 Å². The summed E-state index contributed by atoms with van der Waals surface area (Å²) in [6.45, 7) is 9.11. The van der Waals surface area contributed by atoms with E-state index in [-0.39, 0.29) is 17.9 Å². The molecule has 1 aliphatic heterocycles. The smallest absolute Gasteiger partial charge is 0.248 e. The van der Waals surface area contributed by atoms with Gasteiger partial charge in [0.05, 0.1) is 0 Å². The van der Waals surface area contributed by atoms with E-state index >= 15 is 0 Å². The van der Waals surface area contributed by atoms with Gasteiger partial charge in [-0.05, 0) is 50.4 Å². The monoisotopic (exact) mass is 294 g/mol. The number of carbonyl (C=O) groups is 2. The van der Waals surface area contributed by atoms with Gasteiger partial charge < -0.3 is 10.2 Å². The molecule has 1 unspecified atom stereocenters. The van der Waals surface area contributed by atoms with Crippen LogP contribution < -0.4 is 5.32 Å². The number of carbonyl (C=O) groups excluding carboxylic acids is 2. The van der Waals surface area contributed by atoms with E-state index in [1.165, 1.54) is 0 Å². The Morgan fingerprint density at radius 3 is 2.33 bits per heavy atom. The van der Waals surface area contributed by atoms with Gasteiger partial charge in [-0.15, -0.1) is 0 Å². The molecule has 0 aromatic carbocycles. The molecule has 0 spiro atoms. The lowest BCUT2D eigenvalue weighted by Crippen LogP contribution is -2.70. The van der Waals surface area contributed by atoms with Crippen LogP contribution in [0.3, 0.4) is 0 Å². The lowest BCUT2D eigenvalue weighted by atomic mass is 9.86. The van der Waals surface area contributed by atoms with Gasteiger partial charge in [-0.25, -0.2) is 0 Å². The highest BCUT2D eigenvalue weighted by Gasteiger charge is 2.52. The molecule has 4 nitrogen and oxygen atoms in total. The topological polar surface area (TPSA) is 49.4 Å². The Labute approximate surface area is 128 Å². The fourth-order valence-corrected chi connectivity index (χ4v) is 3.43. The van der Waals surface area contributed by atoms with Crippen molar-refractivity contribution in [2.45, 2.75) is 77.8 Å². The van der Waals surface area contributed by atoms with Crippen LogP contribution in [0.5, 0.6) is 0 Å². The van der Waals surface area contributed by atoms with Crippen LogP contribution in [-0.2, 0) is 9.59 Å². The van der Waals surface area contributed by atoms with Crippen LogP contribution in [0, 0.1) is 11.8 Å². The zero-order valence-electron chi connectivity index (χ0n) is 13.9. The third-order valence-electron chi connectivity index (χ3n) is 5.09. The summed E-state index contributed by atoms with van der Waals surface area (Å²) in [5.74, 6) is 1.25. The van der Waals surface area contributed by atoms with Crippen LogP contribution in [0.2, 0.25) is 0 Å². The normalized spacial score (nSPS) is 25.4. The highest BCUT2D eigenvalue weighted by molar-refractivity contribution is 6.00. The standard InChI is InChI=1S/C17H30N2O2/c1-5-17(6-2)16(21)19(11-7-8-12(3)4)14(13-9-10-13)15(20)18-17/h12-14H,5-11H2,1-4H3,(H,18,20). The Morgan fingerprint density at radius 2 is 1.86 bits per heavy atom. The van der Waals surface area contributed by atoms with Crippen molar-refractivity contribution in [3.05, 3.63) is 0 Å². The third-order valence-corrected chi connectivity index (χ3v) is 5.09. The molecular weight excluding hydrogens is 264 g/mol. The van der Waals surface area contributed by atoms with E-state index in [0.717, 1.165) is 32.2 Å². The predicted molar refractivity (Wildman–Crippen MR) is 83.8 cm³/mol. The molecule has 120 valence electrons. The molecule has 0 bridgehead atoms. The molecule has 2 fully saturated rings. The Balaban J connectivity index is 2.16. The summed E-state index contributed by atoms with van der Waals surface area (Å²) in [6.07, 6.45) is 5.60. The van der Waals surface area contributed by atoms with E-state index in [1.807, 2.05) is 18.7 Å². The first-order valence-corrected chi connectivity index (χ1v) is 8.58. The molecule has 1 saturated heterocycles. The zero-order chi connectivity index (χ0) is 15.6. The summed E-state index contributed by atoms with van der Waals surface area (Å²) in [5.41, 5.74) is -0.666. The highest BCUT2D eigenvalue weighted by Crippen LogP contribution is 2.39. The van der Waals surface area contributed by atoms with Gasteiger partial charge in [0, 0.05) is 6.54 Å². The minimum Gasteiger partial charge on any atom is -0.340 e. The van der Waals surface area contributed by atoms with Crippen LogP contribution in [0.25, 0.3) is 0 Å². The predicted octanol–water partition coefficient (Wildman–Crippen LogP) is 2.72. The van der Waals surface area contributed by atoms with Crippen LogP contribution >= 0.6 is 0 Å². The van der Waals surface area contributed by atoms with Crippen molar-refractivity contribution in [3.8, 4) is 0 Å². The number of amides is 2. The lowest BCUT2D eigenvalue weighted by Gasteiger charge is -2.46. The molecule has 1 saturated carbocycles. The second-order valence-electron chi connectivity index (χ2n) is 7.10. The van der Waals surface area contributed by atoms with Gasteiger partial charge in [0.15, 0.2) is 0 Å². The fourth-order valence-electron chi connectivity index (χ4n) is 3.43. The van der Waals surface area contributed by atoms with Crippen molar-refractivity contribution >= 4 is 11.8 Å². The Morgan fingerprint density at radius 1 is 1.24 bits per heavy atom. The second kappa shape index (κ2) is 6.37. The van der Waals surface area contributed by atoms with Gasteiger partial charge in [0.25, 0.3) is 0 Å². The molecule has 0 aromatic heterocycles. The second-order valence-corrected chi connectivity index (χ2v) is 7.10. The molecule has 1 aliphatic carbocycles. The van der Waals surface area contributed by atoms with E-state index in [2.05, 4.69) is 19.2 Å². The molecule has 0 radical (unpaired) electrons. The van der Waals surface area contributed by atoms with Crippen LogP contribution in [0.15, 0.2) is 0 Å². The Bertz CT molecular complexity index is 398. The summed E-state index contributed by atoms with van der Waals surface area (Å²) in [6, 6.07) is -0.212. The van der Waals surface area contributed by atoms with Crippen LogP contribution in [0.1, 0.15) is 66.2 Å². The first-order valence-electron chi connectivity index (χ1n) is 8.58. The summed E-state index contributed by atoms with van der Waals surface area (Å²) < 4.78 is 0. The van der Waals surface area contributed by atoms with Gasteiger partial charge >= 0.3 is 0 Å². The average Bonchev–Trinajstić information content (AvgIpc) is 3.26. The molecule has 2 rings (SSSR count). The van der Waals surface area contributed by atoms with Crippen molar-refractivity contribution in [2.24, 2.45) is 11.8 Å². The van der Waals surface area contributed by atoms with Gasteiger partial charge in [0.1, 0.15) is 11.6 Å². The van der Waals surface area contributed by atoms with Crippen LogP contribution in [-0.4, -0.2) is 34.8 Å². The van der Waals surface area contributed by atoms with Gasteiger partial charge in [-0.3, -0.25) is 9.59 Å². The van der Waals surface area contributed by atoms with Crippen molar-refractivity contribution < 1.29 is 9.59 Å². The summed E-state index contributed by atoms with van der Waals surface area (Å²) in [7, 11) is 0. The average molecular weight is 294 g/mol. The minimum absolute atomic E-state index is 0.0744. The van der Waals surface area contributed by atoms with E-state index in [9.17, 15) is 9.59 Å². The first-order chi connectivity index (χ1) is 9.95. The van der Waals surface area contributed by atoms with E-state index in [4.69, 9.17) is 0 Å². The van der Waals surface area contributed by atoms with Gasteiger partial charge in [-0.2, -0.15) is 0 Å². The van der Waals surface area contributed by atoms with Crippen molar-refractivity contribution in [1.82, 2.24) is 10.2 Å². The number of hydrogen-bond donors (Lipinski definition) is 1. The van der Waals surface area contributed by atoms with E-state index in [1.54, 1.807) is 0 Å². The summed E-state index contributed by atoms with van der Waals surface area (Å²) >= 11 is 0. The SMILES string of the molecule is CCC1(CC)NC(=O)C(C2CC2)N(CCCC(C)C)C1=O. The molecule has 1 atom stereocenters. The van der Waals surface area contributed by atoms with Crippen LogP contribution in [0.4, 0.5) is 0 Å². The van der Waals surface area contributed by atoms with E-state index < -0.39 is 5.54 Å². The third kappa shape index (κ3) is 3.24. The molecule has 21 heavy (non-hydrogen) atoms. The number of piperazine rings is 1. The fraction of sp³-hybridized carbons (Fsp3) is 0.882. The summed E-state index contributed by atoms with van der Waals surface area (Å²) in [5, 5.41) is 3.05. The summed E-state index contributed by atoms with van der Waals surface area (Å²) in [4.78, 5) is 27.5. The van der Waals surface area contributed by atoms with Crippen molar-refractivity contribution in [3.63, 3.8) is 0 Å². The Hall–Kier alpha value is -1.06. The Kier molecular flexibility index (Phi) is 4.95. The molecule has 4 heteroatoms. The maximum absolute atomic E-state index is 13.0. The van der Waals surface area contributed by atoms with Crippen molar-refractivity contribution in [2.75, 3.05) is 6.54 Å². The lowest BCUT2D eigenvalue weighted by molar-refractivity contribution is -0.156. The molecular formula is C17H30N2O2. The minimum atomic E-state index is -0.666. The molecule has 0 aromatic rings. The molecule has 1 heterocycles. The zero-order valence-corrected chi connectivity index (χ0v) is 13.9. The number of nitrogens with zero attached hydrogens (tertiary/aromatic N) is 1. The molecule has 1 N–H and O–H groups in total. The number of nitrogens with one attached hydrogen (secondary N) is 1. The van der Waals surface area contributed by atoms with E-state index in [0.29, 0.717) is 24.7 Å². The molecule has 2 amide bonds. The van der Waals surface area contributed by atoms with Gasteiger partial charge in [-0.1, -0.05) is 27.7 Å². The maximum Gasteiger partial charge on any atom is 0.248 e. The molecule has 2 aliphatic rings. The quantitative estimate of drug-likeness (QED) is 0.785. The number of rotatable bonds is 7. The van der Waals surface area contributed by atoms with Gasteiger partial charge in [0.2, 0.25) is 11.8 Å². The first kappa shape index (κ1) is 16.3. The maximum atomic E-state index is 13.0. The number of hydrogen-bond acceptors (Lipinski definition) is 2. The largest absolute Gasteiger partial charge is 0.340 e. The highest BCUT2D eigenvalue weighted by atomic mass is 16.2.